The molecule has 3 rings (SSSR count). The third-order valence-electron chi connectivity index (χ3n) is 4.90. The molecule has 3 fully saturated rings. The van der Waals surface area contributed by atoms with Crippen LogP contribution in [0.3, 0.4) is 0 Å². The van der Waals surface area contributed by atoms with Gasteiger partial charge in [-0.15, -0.1) is 0 Å². The third kappa shape index (κ3) is 2.08. The highest BCUT2D eigenvalue weighted by atomic mass is 32.2. The van der Waals surface area contributed by atoms with E-state index in [4.69, 9.17) is 0 Å². The molecule has 0 aromatic heterocycles. The van der Waals surface area contributed by atoms with Crippen LogP contribution in [0.25, 0.3) is 0 Å². The number of hydrogen-bond acceptors (Lipinski definition) is 2. The number of rotatable bonds is 3. The first-order chi connectivity index (χ1) is 7.33. The van der Waals surface area contributed by atoms with E-state index in [1.807, 2.05) is 0 Å². The van der Waals surface area contributed by atoms with Crippen molar-refractivity contribution >= 4 is 11.8 Å². The molecule has 2 heteroatoms. The standard InChI is InChI=1S/C13H23NS/c1-9-13(4-5-15-9)14-8-12-7-10-2-3-11(12)6-10/h9-14H,2-8H2,1H3. The Hall–Kier alpha value is 0.310. The van der Waals surface area contributed by atoms with E-state index >= 15 is 0 Å². The quantitative estimate of drug-likeness (QED) is 0.792. The Morgan fingerprint density at radius 2 is 2.13 bits per heavy atom. The van der Waals surface area contributed by atoms with Crippen LogP contribution in [0, 0.1) is 17.8 Å². The van der Waals surface area contributed by atoms with Gasteiger partial charge in [0.1, 0.15) is 0 Å². The van der Waals surface area contributed by atoms with Gasteiger partial charge < -0.3 is 5.32 Å². The van der Waals surface area contributed by atoms with Gasteiger partial charge >= 0.3 is 0 Å². The number of thioether (sulfide) groups is 1. The predicted molar refractivity (Wildman–Crippen MR) is 67.3 cm³/mol. The fraction of sp³-hybridized carbons (Fsp3) is 1.00. The summed E-state index contributed by atoms with van der Waals surface area (Å²) in [6.07, 6.45) is 7.56. The van der Waals surface area contributed by atoms with Gasteiger partial charge in [0.2, 0.25) is 0 Å². The Bertz CT molecular complexity index is 231. The second kappa shape index (κ2) is 4.29. The van der Waals surface area contributed by atoms with Gasteiger partial charge in [-0.25, -0.2) is 0 Å². The normalized spacial score (nSPS) is 49.0. The second-order valence-electron chi connectivity index (χ2n) is 5.81. The van der Waals surface area contributed by atoms with Gasteiger partial charge in [0.05, 0.1) is 0 Å². The fourth-order valence-corrected chi connectivity index (χ4v) is 5.16. The molecule has 0 radical (unpaired) electrons. The smallest absolute Gasteiger partial charge is 0.0191 e. The molecule has 3 aliphatic rings. The molecule has 1 aliphatic heterocycles. The molecule has 15 heavy (non-hydrogen) atoms. The summed E-state index contributed by atoms with van der Waals surface area (Å²) >= 11 is 2.14. The summed E-state index contributed by atoms with van der Waals surface area (Å²) in [5.74, 6) is 4.60. The van der Waals surface area contributed by atoms with E-state index in [-0.39, 0.29) is 0 Å². The Kier molecular flexibility index (Phi) is 2.99. The van der Waals surface area contributed by atoms with Gasteiger partial charge in [-0.05, 0) is 55.7 Å². The Morgan fingerprint density at radius 3 is 2.73 bits per heavy atom. The molecule has 2 bridgehead atoms. The minimum Gasteiger partial charge on any atom is -0.313 e. The predicted octanol–water partition coefficient (Wildman–Crippen LogP) is 2.91. The van der Waals surface area contributed by atoms with Crippen LogP contribution in [-0.2, 0) is 0 Å². The molecule has 5 unspecified atom stereocenters. The Balaban J connectivity index is 1.46. The number of hydrogen-bond donors (Lipinski definition) is 1. The van der Waals surface area contributed by atoms with E-state index in [1.54, 1.807) is 6.42 Å². The summed E-state index contributed by atoms with van der Waals surface area (Å²) in [6.45, 7) is 3.70. The van der Waals surface area contributed by atoms with E-state index in [0.29, 0.717) is 0 Å². The highest BCUT2D eigenvalue weighted by Crippen LogP contribution is 2.48. The SMILES string of the molecule is CC1SCCC1NCC1CC2CCC1C2. The van der Waals surface area contributed by atoms with Gasteiger partial charge in [-0.2, -0.15) is 11.8 Å². The summed E-state index contributed by atoms with van der Waals surface area (Å²) < 4.78 is 0. The summed E-state index contributed by atoms with van der Waals surface area (Å²) in [7, 11) is 0. The maximum absolute atomic E-state index is 3.84. The topological polar surface area (TPSA) is 12.0 Å². The highest BCUT2D eigenvalue weighted by Gasteiger charge is 2.39. The average molecular weight is 225 g/mol. The first-order valence-electron chi connectivity index (χ1n) is 6.68. The van der Waals surface area contributed by atoms with E-state index in [0.717, 1.165) is 29.0 Å². The zero-order chi connectivity index (χ0) is 10.3. The molecule has 1 N–H and O–H groups in total. The summed E-state index contributed by atoms with van der Waals surface area (Å²) in [6, 6.07) is 0.814. The van der Waals surface area contributed by atoms with Crippen LogP contribution < -0.4 is 5.32 Å². The van der Waals surface area contributed by atoms with E-state index in [9.17, 15) is 0 Å². The number of nitrogens with one attached hydrogen (secondary N) is 1. The summed E-state index contributed by atoms with van der Waals surface area (Å²) in [5, 5.41) is 4.69. The molecule has 0 aromatic rings. The van der Waals surface area contributed by atoms with Crippen molar-refractivity contribution in [1.82, 2.24) is 5.32 Å². The molecular formula is C13H23NS. The van der Waals surface area contributed by atoms with Crippen molar-refractivity contribution < 1.29 is 0 Å². The molecular weight excluding hydrogens is 202 g/mol. The molecule has 0 spiro atoms. The maximum Gasteiger partial charge on any atom is 0.0191 e. The fourth-order valence-electron chi connectivity index (χ4n) is 3.93. The summed E-state index contributed by atoms with van der Waals surface area (Å²) in [4.78, 5) is 0. The van der Waals surface area contributed by atoms with Crippen LogP contribution in [0.4, 0.5) is 0 Å². The minimum atomic E-state index is 0.814. The van der Waals surface area contributed by atoms with Crippen LogP contribution in [0.5, 0.6) is 0 Å². The van der Waals surface area contributed by atoms with Crippen molar-refractivity contribution in [3.05, 3.63) is 0 Å². The maximum atomic E-state index is 3.84. The first kappa shape index (κ1) is 10.5. The van der Waals surface area contributed by atoms with Gasteiger partial charge in [-0.3, -0.25) is 0 Å². The van der Waals surface area contributed by atoms with Crippen LogP contribution in [0.1, 0.15) is 39.0 Å². The van der Waals surface area contributed by atoms with Crippen molar-refractivity contribution in [3.8, 4) is 0 Å². The molecule has 1 saturated heterocycles. The Labute approximate surface area is 97.8 Å². The van der Waals surface area contributed by atoms with Crippen molar-refractivity contribution in [2.24, 2.45) is 17.8 Å². The lowest BCUT2D eigenvalue weighted by Crippen LogP contribution is -2.38. The van der Waals surface area contributed by atoms with Gasteiger partial charge in [-0.1, -0.05) is 13.3 Å². The van der Waals surface area contributed by atoms with Crippen molar-refractivity contribution in [2.75, 3.05) is 12.3 Å². The van der Waals surface area contributed by atoms with Crippen molar-refractivity contribution in [2.45, 2.75) is 50.3 Å². The molecule has 86 valence electrons. The molecule has 5 atom stereocenters. The molecule has 1 nitrogen and oxygen atoms in total. The zero-order valence-corrected chi connectivity index (χ0v) is 10.6. The van der Waals surface area contributed by atoms with Gasteiger partial charge in [0.25, 0.3) is 0 Å². The second-order valence-corrected chi connectivity index (χ2v) is 7.30. The summed E-state index contributed by atoms with van der Waals surface area (Å²) in [5.41, 5.74) is 0. The lowest BCUT2D eigenvalue weighted by Gasteiger charge is -2.25. The third-order valence-corrected chi connectivity index (χ3v) is 6.23. The average Bonchev–Trinajstić information content (AvgIpc) is 2.90. The largest absolute Gasteiger partial charge is 0.313 e. The van der Waals surface area contributed by atoms with Crippen LogP contribution in [-0.4, -0.2) is 23.6 Å². The minimum absolute atomic E-state index is 0.814. The lowest BCUT2D eigenvalue weighted by atomic mass is 9.88. The molecule has 0 amide bonds. The van der Waals surface area contributed by atoms with Crippen LogP contribution >= 0.6 is 11.8 Å². The zero-order valence-electron chi connectivity index (χ0n) is 9.74. The molecule has 2 saturated carbocycles. The Morgan fingerprint density at radius 1 is 1.20 bits per heavy atom. The van der Waals surface area contributed by atoms with Crippen molar-refractivity contribution in [3.63, 3.8) is 0 Å². The highest BCUT2D eigenvalue weighted by molar-refractivity contribution is 8.00. The van der Waals surface area contributed by atoms with E-state index < -0.39 is 0 Å². The first-order valence-corrected chi connectivity index (χ1v) is 7.73. The van der Waals surface area contributed by atoms with E-state index in [1.165, 1.54) is 38.0 Å². The van der Waals surface area contributed by atoms with Gasteiger partial charge in [0, 0.05) is 11.3 Å². The lowest BCUT2D eigenvalue weighted by molar-refractivity contribution is 0.305. The van der Waals surface area contributed by atoms with E-state index in [2.05, 4.69) is 24.0 Å². The molecule has 2 aliphatic carbocycles. The van der Waals surface area contributed by atoms with Gasteiger partial charge in [0.15, 0.2) is 0 Å². The molecule has 0 aromatic carbocycles. The monoisotopic (exact) mass is 225 g/mol. The molecule has 1 heterocycles. The van der Waals surface area contributed by atoms with Crippen LogP contribution in [0.2, 0.25) is 0 Å². The van der Waals surface area contributed by atoms with Crippen LogP contribution in [0.15, 0.2) is 0 Å². The van der Waals surface area contributed by atoms with Crippen molar-refractivity contribution in [1.29, 1.82) is 0 Å². The number of fused-ring (bicyclic) bond motifs is 2.